The third kappa shape index (κ3) is 2.30. The zero-order valence-electron chi connectivity index (χ0n) is 10.6. The van der Waals surface area contributed by atoms with Crippen LogP contribution in [0.15, 0.2) is 47.5 Å². The largest absolute Gasteiger partial charge is 0.360 e. The molecule has 0 amide bonds. The Morgan fingerprint density at radius 2 is 1.86 bits per heavy atom. The van der Waals surface area contributed by atoms with E-state index in [-0.39, 0.29) is 10.5 Å². The SMILES string of the molecule is NS(=O)(=O)c1c[nH]c2cc(-c3cccc(F)c3F)ccc12. The van der Waals surface area contributed by atoms with Crippen LogP contribution in [0.2, 0.25) is 0 Å². The Balaban J connectivity index is 2.22. The fourth-order valence-corrected chi connectivity index (χ4v) is 2.94. The van der Waals surface area contributed by atoms with E-state index in [0.717, 1.165) is 6.07 Å². The summed E-state index contributed by atoms with van der Waals surface area (Å²) in [6.45, 7) is 0. The molecule has 0 atom stereocenters. The number of aromatic nitrogens is 1. The average molecular weight is 308 g/mol. The first-order valence-electron chi connectivity index (χ1n) is 5.96. The van der Waals surface area contributed by atoms with E-state index in [4.69, 9.17) is 5.14 Å². The van der Waals surface area contributed by atoms with Crippen LogP contribution in [0.5, 0.6) is 0 Å². The minimum Gasteiger partial charge on any atom is -0.360 e. The monoisotopic (exact) mass is 308 g/mol. The maximum absolute atomic E-state index is 13.8. The van der Waals surface area contributed by atoms with E-state index in [1.807, 2.05) is 0 Å². The molecule has 0 aliphatic carbocycles. The second-order valence-corrected chi connectivity index (χ2v) is 6.09. The number of halogens is 2. The molecule has 4 nitrogen and oxygen atoms in total. The Kier molecular flexibility index (Phi) is 3.03. The van der Waals surface area contributed by atoms with E-state index >= 15 is 0 Å². The summed E-state index contributed by atoms with van der Waals surface area (Å²) >= 11 is 0. The summed E-state index contributed by atoms with van der Waals surface area (Å²) < 4.78 is 49.9. The van der Waals surface area contributed by atoms with Crippen molar-refractivity contribution in [3.63, 3.8) is 0 Å². The second-order valence-electron chi connectivity index (χ2n) is 4.56. The summed E-state index contributed by atoms with van der Waals surface area (Å²) in [4.78, 5) is 2.73. The van der Waals surface area contributed by atoms with Gasteiger partial charge >= 0.3 is 0 Å². The Labute approximate surface area is 119 Å². The smallest absolute Gasteiger partial charge is 0.240 e. The first-order valence-corrected chi connectivity index (χ1v) is 7.51. The van der Waals surface area contributed by atoms with Gasteiger partial charge < -0.3 is 4.98 Å². The normalized spacial score (nSPS) is 12.0. The highest BCUT2D eigenvalue weighted by atomic mass is 32.2. The van der Waals surface area contributed by atoms with Crippen molar-refractivity contribution in [1.82, 2.24) is 4.98 Å². The van der Waals surface area contributed by atoms with Gasteiger partial charge in [0.15, 0.2) is 11.6 Å². The highest BCUT2D eigenvalue weighted by Crippen LogP contribution is 2.29. The first kappa shape index (κ1) is 13.7. The van der Waals surface area contributed by atoms with Crippen molar-refractivity contribution in [2.24, 2.45) is 5.14 Å². The van der Waals surface area contributed by atoms with Gasteiger partial charge in [-0.2, -0.15) is 0 Å². The number of fused-ring (bicyclic) bond motifs is 1. The van der Waals surface area contributed by atoms with Crippen LogP contribution in [0.4, 0.5) is 8.78 Å². The molecule has 1 aromatic heterocycles. The molecule has 3 rings (SSSR count). The van der Waals surface area contributed by atoms with Gasteiger partial charge in [0.1, 0.15) is 4.90 Å². The molecule has 7 heteroatoms. The van der Waals surface area contributed by atoms with Crippen LogP contribution < -0.4 is 5.14 Å². The molecule has 21 heavy (non-hydrogen) atoms. The van der Waals surface area contributed by atoms with Gasteiger partial charge in [-0.3, -0.25) is 0 Å². The van der Waals surface area contributed by atoms with E-state index < -0.39 is 21.7 Å². The van der Waals surface area contributed by atoms with Crippen molar-refractivity contribution in [1.29, 1.82) is 0 Å². The summed E-state index contributed by atoms with van der Waals surface area (Å²) in [5, 5.41) is 5.50. The number of primary sulfonamides is 1. The van der Waals surface area contributed by atoms with Gasteiger partial charge in [0, 0.05) is 22.7 Å². The summed E-state index contributed by atoms with van der Waals surface area (Å²) in [7, 11) is -3.84. The van der Waals surface area contributed by atoms with Crippen molar-refractivity contribution in [3.8, 4) is 11.1 Å². The summed E-state index contributed by atoms with van der Waals surface area (Å²) in [6.07, 6.45) is 1.27. The van der Waals surface area contributed by atoms with Gasteiger partial charge in [-0.15, -0.1) is 0 Å². The quantitative estimate of drug-likeness (QED) is 0.763. The first-order chi connectivity index (χ1) is 9.88. The molecular formula is C14H10F2N2O2S. The highest BCUT2D eigenvalue weighted by Gasteiger charge is 2.16. The molecule has 2 aromatic carbocycles. The van der Waals surface area contributed by atoms with Crippen LogP contribution in [0, 0.1) is 11.6 Å². The van der Waals surface area contributed by atoms with Gasteiger partial charge in [0.2, 0.25) is 10.0 Å². The van der Waals surface area contributed by atoms with Gasteiger partial charge in [-0.05, 0) is 17.7 Å². The maximum Gasteiger partial charge on any atom is 0.240 e. The number of hydrogen-bond acceptors (Lipinski definition) is 2. The van der Waals surface area contributed by atoms with Crippen molar-refractivity contribution in [2.75, 3.05) is 0 Å². The van der Waals surface area contributed by atoms with E-state index in [2.05, 4.69) is 4.98 Å². The molecule has 0 saturated heterocycles. The Bertz CT molecular complexity index is 949. The molecule has 0 unspecified atom stereocenters. The lowest BCUT2D eigenvalue weighted by Gasteiger charge is -2.05. The van der Waals surface area contributed by atoms with Crippen LogP contribution in [-0.4, -0.2) is 13.4 Å². The second kappa shape index (κ2) is 4.64. The van der Waals surface area contributed by atoms with E-state index in [9.17, 15) is 17.2 Å². The van der Waals surface area contributed by atoms with Crippen molar-refractivity contribution < 1.29 is 17.2 Å². The van der Waals surface area contributed by atoms with Crippen LogP contribution in [0.1, 0.15) is 0 Å². The fraction of sp³-hybridized carbons (Fsp3) is 0. The van der Waals surface area contributed by atoms with Gasteiger partial charge in [0.05, 0.1) is 0 Å². The summed E-state index contributed by atoms with van der Waals surface area (Å²) in [6, 6.07) is 8.45. The number of aromatic amines is 1. The lowest BCUT2D eigenvalue weighted by molar-refractivity contribution is 0.511. The average Bonchev–Trinajstić information content (AvgIpc) is 2.84. The molecule has 0 aliphatic heterocycles. The van der Waals surface area contributed by atoms with Gasteiger partial charge in [-0.25, -0.2) is 22.3 Å². The molecule has 0 spiro atoms. The van der Waals surface area contributed by atoms with Crippen LogP contribution >= 0.6 is 0 Å². The van der Waals surface area contributed by atoms with Crippen molar-refractivity contribution in [3.05, 3.63) is 54.2 Å². The number of sulfonamides is 1. The maximum atomic E-state index is 13.8. The minimum absolute atomic E-state index is 0.0382. The summed E-state index contributed by atoms with van der Waals surface area (Å²) in [5.74, 6) is -1.89. The number of rotatable bonds is 2. The molecule has 3 aromatic rings. The minimum atomic E-state index is -3.84. The standard InChI is InChI=1S/C14H10F2N2O2S/c15-11-3-1-2-9(14(11)16)8-4-5-10-12(6-8)18-7-13(10)21(17,19)20/h1-7,18H,(H2,17,19,20). The lowest BCUT2D eigenvalue weighted by Crippen LogP contribution is -2.11. The highest BCUT2D eigenvalue weighted by molar-refractivity contribution is 7.89. The Hall–Kier alpha value is -2.25. The zero-order valence-corrected chi connectivity index (χ0v) is 11.4. The third-order valence-electron chi connectivity index (χ3n) is 3.21. The van der Waals surface area contributed by atoms with E-state index in [0.29, 0.717) is 16.5 Å². The fourth-order valence-electron chi connectivity index (χ4n) is 2.23. The molecule has 0 bridgehead atoms. The Morgan fingerprint density at radius 1 is 1.10 bits per heavy atom. The predicted octanol–water partition coefficient (Wildman–Crippen LogP) is 2.76. The van der Waals surface area contributed by atoms with Gasteiger partial charge in [-0.1, -0.05) is 24.3 Å². The topological polar surface area (TPSA) is 76.0 Å². The molecule has 0 saturated carbocycles. The molecule has 1 heterocycles. The number of H-pyrrole nitrogens is 1. The van der Waals surface area contributed by atoms with Crippen LogP contribution in [0.25, 0.3) is 22.0 Å². The van der Waals surface area contributed by atoms with E-state index in [1.54, 1.807) is 6.07 Å². The van der Waals surface area contributed by atoms with Gasteiger partial charge in [0.25, 0.3) is 0 Å². The van der Waals surface area contributed by atoms with Crippen molar-refractivity contribution in [2.45, 2.75) is 4.90 Å². The number of nitrogens with two attached hydrogens (primary N) is 1. The molecular weight excluding hydrogens is 298 g/mol. The molecule has 0 fully saturated rings. The lowest BCUT2D eigenvalue weighted by atomic mass is 10.0. The van der Waals surface area contributed by atoms with E-state index in [1.165, 1.54) is 30.5 Å². The van der Waals surface area contributed by atoms with Crippen LogP contribution in [-0.2, 0) is 10.0 Å². The predicted molar refractivity (Wildman–Crippen MR) is 75.0 cm³/mol. The summed E-state index contributed by atoms with van der Waals surface area (Å²) in [5.41, 5.74) is 1.01. The zero-order chi connectivity index (χ0) is 15.2. The van der Waals surface area contributed by atoms with Crippen LogP contribution in [0.3, 0.4) is 0 Å². The molecule has 0 aliphatic rings. The molecule has 0 radical (unpaired) electrons. The number of hydrogen-bond donors (Lipinski definition) is 2. The third-order valence-corrected chi connectivity index (χ3v) is 4.16. The van der Waals surface area contributed by atoms with Crippen molar-refractivity contribution >= 4 is 20.9 Å². The Morgan fingerprint density at radius 3 is 2.57 bits per heavy atom. The molecule has 108 valence electrons. The number of nitrogens with one attached hydrogen (secondary N) is 1. The molecule has 3 N–H and O–H groups in total. The number of benzene rings is 2.